The van der Waals surface area contributed by atoms with Gasteiger partial charge in [-0.2, -0.15) is 0 Å². The number of halogens is 1. The van der Waals surface area contributed by atoms with Crippen molar-refractivity contribution in [3.05, 3.63) is 76.5 Å². The average molecular weight is 494 g/mol. The zero-order valence-electron chi connectivity index (χ0n) is 19.4. The molecular formula is C27H32BrN3O. The molecule has 1 amide bonds. The van der Waals surface area contributed by atoms with Crippen LogP contribution in [0.2, 0.25) is 0 Å². The van der Waals surface area contributed by atoms with Crippen LogP contribution in [0.15, 0.2) is 65.4 Å². The first-order chi connectivity index (χ1) is 15.3. The van der Waals surface area contributed by atoms with Crippen LogP contribution in [0.5, 0.6) is 0 Å². The Balaban J connectivity index is 1.75. The van der Waals surface area contributed by atoms with E-state index in [9.17, 15) is 4.79 Å². The van der Waals surface area contributed by atoms with Crippen LogP contribution in [0.3, 0.4) is 0 Å². The highest BCUT2D eigenvalue weighted by Gasteiger charge is 2.45. The molecule has 1 aliphatic rings. The molecule has 0 saturated carbocycles. The zero-order chi connectivity index (χ0) is 22.9. The van der Waals surface area contributed by atoms with E-state index in [0.717, 1.165) is 29.0 Å². The molecule has 1 atom stereocenters. The number of hydrogen-bond donors (Lipinski definition) is 0. The lowest BCUT2D eigenvalue weighted by Crippen LogP contribution is -2.39. The largest absolute Gasteiger partial charge is 0.342 e. The van der Waals surface area contributed by atoms with Crippen molar-refractivity contribution in [3.63, 3.8) is 0 Å². The summed E-state index contributed by atoms with van der Waals surface area (Å²) in [5, 5.41) is 0. The predicted molar refractivity (Wildman–Crippen MR) is 133 cm³/mol. The quantitative estimate of drug-likeness (QED) is 0.367. The van der Waals surface area contributed by atoms with Crippen molar-refractivity contribution in [2.75, 3.05) is 13.1 Å². The third-order valence-electron chi connectivity index (χ3n) is 6.21. The number of benzene rings is 2. The van der Waals surface area contributed by atoms with Crippen LogP contribution in [0.1, 0.15) is 51.7 Å². The summed E-state index contributed by atoms with van der Waals surface area (Å²) < 4.78 is 3.31. The smallest absolute Gasteiger partial charge is 0.222 e. The summed E-state index contributed by atoms with van der Waals surface area (Å²) in [6.07, 6.45) is 5.11. The minimum atomic E-state index is -0.444. The van der Waals surface area contributed by atoms with Crippen LogP contribution >= 0.6 is 15.9 Å². The van der Waals surface area contributed by atoms with Gasteiger partial charge in [0.15, 0.2) is 0 Å². The molecule has 2 aromatic carbocycles. The molecule has 0 spiro atoms. The summed E-state index contributed by atoms with van der Waals surface area (Å²) in [7, 11) is 0. The highest BCUT2D eigenvalue weighted by Crippen LogP contribution is 2.49. The summed E-state index contributed by atoms with van der Waals surface area (Å²) in [5.74, 6) is 2.10. The van der Waals surface area contributed by atoms with Gasteiger partial charge in [0.05, 0.1) is 5.54 Å². The fourth-order valence-electron chi connectivity index (χ4n) is 5.00. The molecule has 4 nitrogen and oxygen atoms in total. The Morgan fingerprint density at radius 2 is 1.69 bits per heavy atom. The molecule has 1 aromatic heterocycles. The van der Waals surface area contributed by atoms with E-state index in [1.165, 1.54) is 11.1 Å². The molecule has 3 aromatic rings. The highest BCUT2D eigenvalue weighted by atomic mass is 79.9. The normalized spacial score (nSPS) is 17.0. The molecule has 2 heterocycles. The first-order valence-electron chi connectivity index (χ1n) is 11.5. The van der Waals surface area contributed by atoms with Crippen LogP contribution in [0.4, 0.5) is 0 Å². The highest BCUT2D eigenvalue weighted by molar-refractivity contribution is 9.10. The Kier molecular flexibility index (Phi) is 6.57. The molecule has 0 radical (unpaired) electrons. The standard InChI is InChI=1S/C27H32BrN3O/c1-19(2)17-30(18-20(3)4)25(32)13-14-27(21-9-11-22(28)12-10-21)24-8-6-5-7-23(24)26-29-15-16-31(26)27/h5-12,15-16,19-20H,13-14,17-18H2,1-4H3. The number of fused-ring (bicyclic) bond motifs is 3. The van der Waals surface area contributed by atoms with Gasteiger partial charge in [0.2, 0.25) is 5.91 Å². The molecule has 4 rings (SSSR count). The molecule has 1 aliphatic heterocycles. The van der Waals surface area contributed by atoms with Gasteiger partial charge >= 0.3 is 0 Å². The Labute approximate surface area is 199 Å². The van der Waals surface area contributed by atoms with Gasteiger partial charge in [-0.3, -0.25) is 4.79 Å². The van der Waals surface area contributed by atoms with Crippen LogP contribution in [0.25, 0.3) is 11.4 Å². The van der Waals surface area contributed by atoms with Crippen molar-refractivity contribution in [1.82, 2.24) is 14.5 Å². The minimum absolute atomic E-state index is 0.231. The van der Waals surface area contributed by atoms with E-state index in [-0.39, 0.29) is 5.91 Å². The van der Waals surface area contributed by atoms with Crippen molar-refractivity contribution in [1.29, 1.82) is 0 Å². The topological polar surface area (TPSA) is 38.1 Å². The first kappa shape index (κ1) is 22.8. The van der Waals surface area contributed by atoms with Crippen LogP contribution in [-0.2, 0) is 10.3 Å². The van der Waals surface area contributed by atoms with Gasteiger partial charge in [-0.05, 0) is 41.5 Å². The molecule has 32 heavy (non-hydrogen) atoms. The summed E-state index contributed by atoms with van der Waals surface area (Å²) in [6.45, 7) is 10.3. The Morgan fingerprint density at radius 1 is 1.03 bits per heavy atom. The van der Waals surface area contributed by atoms with E-state index < -0.39 is 5.54 Å². The maximum absolute atomic E-state index is 13.5. The number of amides is 1. The lowest BCUT2D eigenvalue weighted by Gasteiger charge is -2.35. The monoisotopic (exact) mass is 493 g/mol. The van der Waals surface area contributed by atoms with E-state index in [1.807, 2.05) is 6.20 Å². The van der Waals surface area contributed by atoms with Crippen LogP contribution in [0, 0.1) is 11.8 Å². The first-order valence-corrected chi connectivity index (χ1v) is 12.3. The number of carbonyl (C=O) groups excluding carboxylic acids is 1. The number of hydrogen-bond acceptors (Lipinski definition) is 2. The Morgan fingerprint density at radius 3 is 2.34 bits per heavy atom. The molecule has 0 saturated heterocycles. The fraction of sp³-hybridized carbons (Fsp3) is 0.407. The average Bonchev–Trinajstić information content (AvgIpc) is 3.33. The molecular weight excluding hydrogens is 462 g/mol. The molecule has 1 unspecified atom stereocenters. The Bertz CT molecular complexity index is 1080. The molecule has 0 bridgehead atoms. The minimum Gasteiger partial charge on any atom is -0.342 e. The summed E-state index contributed by atoms with van der Waals surface area (Å²) in [5.41, 5.74) is 3.10. The van der Waals surface area contributed by atoms with Gasteiger partial charge in [0.25, 0.3) is 0 Å². The molecule has 5 heteroatoms. The second kappa shape index (κ2) is 9.22. The molecule has 168 valence electrons. The summed E-state index contributed by atoms with van der Waals surface area (Å²) in [6, 6.07) is 17.0. The third-order valence-corrected chi connectivity index (χ3v) is 6.74. The van der Waals surface area contributed by atoms with Crippen molar-refractivity contribution in [3.8, 4) is 11.4 Å². The maximum Gasteiger partial charge on any atom is 0.222 e. The number of nitrogens with zero attached hydrogens (tertiary/aromatic N) is 3. The van der Waals surface area contributed by atoms with Gasteiger partial charge < -0.3 is 9.47 Å². The maximum atomic E-state index is 13.5. The molecule has 0 N–H and O–H groups in total. The molecule has 0 fully saturated rings. The van der Waals surface area contributed by atoms with Crippen molar-refractivity contribution < 1.29 is 4.79 Å². The van der Waals surface area contributed by atoms with Crippen molar-refractivity contribution in [2.24, 2.45) is 11.8 Å². The Hall–Kier alpha value is -2.40. The lowest BCUT2D eigenvalue weighted by atomic mass is 9.79. The number of carbonyl (C=O) groups is 1. The summed E-state index contributed by atoms with van der Waals surface area (Å²) in [4.78, 5) is 20.2. The van der Waals surface area contributed by atoms with Gasteiger partial charge in [0.1, 0.15) is 5.82 Å². The summed E-state index contributed by atoms with van der Waals surface area (Å²) >= 11 is 3.57. The fourth-order valence-corrected chi connectivity index (χ4v) is 5.27. The van der Waals surface area contributed by atoms with Gasteiger partial charge in [-0.15, -0.1) is 0 Å². The van der Waals surface area contributed by atoms with Crippen molar-refractivity contribution >= 4 is 21.8 Å². The number of imidazole rings is 1. The van der Waals surface area contributed by atoms with Gasteiger partial charge in [-0.1, -0.05) is 80.0 Å². The van der Waals surface area contributed by atoms with Crippen molar-refractivity contribution in [2.45, 2.75) is 46.1 Å². The van der Waals surface area contributed by atoms with E-state index in [0.29, 0.717) is 24.7 Å². The second-order valence-corrected chi connectivity index (χ2v) is 10.5. The van der Waals surface area contributed by atoms with E-state index in [1.54, 1.807) is 0 Å². The van der Waals surface area contributed by atoms with Gasteiger partial charge in [0, 0.05) is 41.9 Å². The van der Waals surface area contributed by atoms with E-state index in [2.05, 4.69) is 113 Å². The second-order valence-electron chi connectivity index (χ2n) is 9.62. The molecule has 0 aliphatic carbocycles. The predicted octanol–water partition coefficient (Wildman–Crippen LogP) is 6.34. The van der Waals surface area contributed by atoms with Crippen LogP contribution in [-0.4, -0.2) is 33.4 Å². The van der Waals surface area contributed by atoms with Crippen LogP contribution < -0.4 is 0 Å². The SMILES string of the molecule is CC(C)CN(CC(C)C)C(=O)CCC1(c2ccc(Br)cc2)c2ccccc2-c2nccn21. The van der Waals surface area contributed by atoms with E-state index in [4.69, 9.17) is 0 Å². The van der Waals surface area contributed by atoms with Gasteiger partial charge in [-0.25, -0.2) is 4.98 Å². The number of rotatable bonds is 8. The third kappa shape index (κ3) is 4.15. The zero-order valence-corrected chi connectivity index (χ0v) is 21.0. The number of aromatic nitrogens is 2. The van der Waals surface area contributed by atoms with E-state index >= 15 is 0 Å². The lowest BCUT2D eigenvalue weighted by molar-refractivity contribution is -0.132.